The molecule has 0 fully saturated rings. The third-order valence-electron chi connectivity index (χ3n) is 2.87. The molecule has 1 aromatic carbocycles. The van der Waals surface area contributed by atoms with E-state index in [1.165, 1.54) is 10.4 Å². The van der Waals surface area contributed by atoms with Gasteiger partial charge in [-0.25, -0.2) is 0 Å². The van der Waals surface area contributed by atoms with Gasteiger partial charge in [0.05, 0.1) is 5.02 Å². The van der Waals surface area contributed by atoms with Gasteiger partial charge in [0.2, 0.25) is 0 Å². The second-order valence-electron chi connectivity index (χ2n) is 5.31. The first kappa shape index (κ1) is 16.8. The number of hydrogen-bond acceptors (Lipinski definition) is 3. The van der Waals surface area contributed by atoms with Gasteiger partial charge < -0.3 is 10.1 Å². The maximum Gasteiger partial charge on any atom is 0.138 e. The van der Waals surface area contributed by atoms with Crippen molar-refractivity contribution in [2.45, 2.75) is 27.0 Å². The van der Waals surface area contributed by atoms with Crippen molar-refractivity contribution >= 4 is 38.9 Å². The van der Waals surface area contributed by atoms with Gasteiger partial charge in [0.25, 0.3) is 0 Å². The Morgan fingerprint density at radius 2 is 2.14 bits per heavy atom. The van der Waals surface area contributed by atoms with Crippen LogP contribution in [0.25, 0.3) is 0 Å². The molecule has 0 atom stereocenters. The van der Waals surface area contributed by atoms with Crippen LogP contribution in [0, 0.1) is 5.92 Å². The van der Waals surface area contributed by atoms with Crippen LogP contribution < -0.4 is 10.1 Å². The van der Waals surface area contributed by atoms with Crippen molar-refractivity contribution in [2.75, 3.05) is 6.54 Å². The van der Waals surface area contributed by atoms with Crippen molar-refractivity contribution in [2.24, 2.45) is 5.92 Å². The highest BCUT2D eigenvalue weighted by Crippen LogP contribution is 2.28. The molecule has 0 saturated heterocycles. The molecule has 0 aliphatic rings. The third kappa shape index (κ3) is 5.62. The summed E-state index contributed by atoms with van der Waals surface area (Å²) in [4.78, 5) is 1.17. The fourth-order valence-electron chi connectivity index (χ4n) is 1.85. The molecule has 0 bridgehead atoms. The summed E-state index contributed by atoms with van der Waals surface area (Å²) in [6, 6.07) is 8.02. The molecule has 0 aliphatic carbocycles. The van der Waals surface area contributed by atoms with Crippen LogP contribution in [0.5, 0.6) is 5.75 Å². The van der Waals surface area contributed by atoms with Gasteiger partial charge in [-0.2, -0.15) is 0 Å². The zero-order valence-electron chi connectivity index (χ0n) is 12.2. The van der Waals surface area contributed by atoms with Gasteiger partial charge >= 0.3 is 0 Å². The summed E-state index contributed by atoms with van der Waals surface area (Å²) in [6.45, 7) is 6.76. The summed E-state index contributed by atoms with van der Waals surface area (Å²) in [5.41, 5.74) is 1.17. The first-order valence-electron chi connectivity index (χ1n) is 6.89. The minimum atomic E-state index is 0.543. The van der Waals surface area contributed by atoms with Crippen LogP contribution in [0.4, 0.5) is 0 Å². The van der Waals surface area contributed by atoms with Gasteiger partial charge in [-0.05, 0) is 52.2 Å². The molecular formula is C16H19BrClNOS. The van der Waals surface area contributed by atoms with E-state index in [1.807, 2.05) is 17.5 Å². The van der Waals surface area contributed by atoms with Crippen molar-refractivity contribution in [3.63, 3.8) is 0 Å². The number of benzene rings is 1. The maximum atomic E-state index is 6.28. The van der Waals surface area contributed by atoms with Crippen molar-refractivity contribution in [3.05, 3.63) is 49.6 Å². The molecule has 1 N–H and O–H groups in total. The number of nitrogens with one attached hydrogen (secondary N) is 1. The van der Waals surface area contributed by atoms with Crippen molar-refractivity contribution < 1.29 is 4.74 Å². The van der Waals surface area contributed by atoms with Gasteiger partial charge in [0.15, 0.2) is 0 Å². The fourth-order valence-corrected chi connectivity index (χ4v) is 3.47. The first-order valence-corrected chi connectivity index (χ1v) is 8.94. The average Bonchev–Trinajstić information content (AvgIpc) is 2.83. The Kier molecular flexibility index (Phi) is 6.55. The largest absolute Gasteiger partial charge is 0.487 e. The SMILES string of the molecule is CC(C)CNCc1ccc(OCc2cc(Br)cs2)c(Cl)c1. The Hall–Kier alpha value is -0.550. The Bertz CT molecular complexity index is 585. The highest BCUT2D eigenvalue weighted by Gasteiger charge is 2.05. The van der Waals surface area contributed by atoms with E-state index in [4.69, 9.17) is 16.3 Å². The molecule has 5 heteroatoms. The molecule has 2 nitrogen and oxygen atoms in total. The molecule has 0 amide bonds. The van der Waals surface area contributed by atoms with Crippen molar-refractivity contribution in [1.82, 2.24) is 5.32 Å². The predicted octanol–water partition coefficient (Wildman–Crippen LogP) is 5.49. The molecule has 0 aliphatic heterocycles. The van der Waals surface area contributed by atoms with E-state index in [0.29, 0.717) is 17.5 Å². The molecular weight excluding hydrogens is 370 g/mol. The molecule has 2 rings (SSSR count). The second-order valence-corrected chi connectivity index (χ2v) is 7.63. The highest BCUT2D eigenvalue weighted by molar-refractivity contribution is 9.10. The van der Waals surface area contributed by atoms with Crippen LogP contribution in [0.15, 0.2) is 34.1 Å². The number of hydrogen-bond donors (Lipinski definition) is 1. The maximum absolute atomic E-state index is 6.28. The van der Waals surface area contributed by atoms with Gasteiger partial charge in [-0.1, -0.05) is 31.5 Å². The summed E-state index contributed by atoms with van der Waals surface area (Å²) in [6.07, 6.45) is 0. The molecule has 21 heavy (non-hydrogen) atoms. The number of thiophene rings is 1. The van der Waals surface area contributed by atoms with E-state index in [0.717, 1.165) is 23.3 Å². The number of halogens is 2. The molecule has 2 aromatic rings. The van der Waals surface area contributed by atoms with Crippen LogP contribution in [0.2, 0.25) is 5.02 Å². The molecule has 1 aromatic heterocycles. The smallest absolute Gasteiger partial charge is 0.138 e. The second kappa shape index (κ2) is 8.18. The summed E-state index contributed by atoms with van der Waals surface area (Å²) < 4.78 is 6.86. The van der Waals surface area contributed by atoms with E-state index >= 15 is 0 Å². The quantitative estimate of drug-likeness (QED) is 0.677. The van der Waals surface area contributed by atoms with Crippen LogP contribution in [-0.2, 0) is 13.2 Å². The Labute approximate surface area is 143 Å². The molecule has 0 unspecified atom stereocenters. The van der Waals surface area contributed by atoms with Gasteiger partial charge in [0.1, 0.15) is 12.4 Å². The van der Waals surface area contributed by atoms with E-state index < -0.39 is 0 Å². The van der Waals surface area contributed by atoms with Crippen LogP contribution in [0.3, 0.4) is 0 Å². The minimum Gasteiger partial charge on any atom is -0.487 e. The Morgan fingerprint density at radius 3 is 2.76 bits per heavy atom. The topological polar surface area (TPSA) is 21.3 Å². The zero-order valence-corrected chi connectivity index (χ0v) is 15.3. The lowest BCUT2D eigenvalue weighted by molar-refractivity contribution is 0.310. The van der Waals surface area contributed by atoms with E-state index in [-0.39, 0.29) is 0 Å². The van der Waals surface area contributed by atoms with Crippen molar-refractivity contribution in [3.8, 4) is 5.75 Å². The van der Waals surface area contributed by atoms with Crippen LogP contribution in [0.1, 0.15) is 24.3 Å². The number of ether oxygens (including phenoxy) is 1. The summed E-state index contributed by atoms with van der Waals surface area (Å²) in [5, 5.41) is 6.11. The summed E-state index contributed by atoms with van der Waals surface area (Å²) in [7, 11) is 0. The Balaban J connectivity index is 1.89. The first-order chi connectivity index (χ1) is 10.0. The van der Waals surface area contributed by atoms with E-state index in [9.17, 15) is 0 Å². The van der Waals surface area contributed by atoms with Gasteiger partial charge in [-0.3, -0.25) is 0 Å². The lowest BCUT2D eigenvalue weighted by Gasteiger charge is -2.10. The normalized spacial score (nSPS) is 11.1. The minimum absolute atomic E-state index is 0.543. The lowest BCUT2D eigenvalue weighted by atomic mass is 10.2. The molecule has 0 spiro atoms. The monoisotopic (exact) mass is 387 g/mol. The summed E-state index contributed by atoms with van der Waals surface area (Å²) >= 11 is 11.4. The van der Waals surface area contributed by atoms with Crippen molar-refractivity contribution in [1.29, 1.82) is 0 Å². The lowest BCUT2D eigenvalue weighted by Crippen LogP contribution is -2.18. The standard InChI is InChI=1S/C16H19BrClNOS/c1-11(2)7-19-8-12-3-4-16(15(18)5-12)20-9-14-6-13(17)10-21-14/h3-6,10-11,19H,7-9H2,1-2H3. The third-order valence-corrected chi connectivity index (χ3v) is 4.84. The van der Waals surface area contributed by atoms with E-state index in [1.54, 1.807) is 11.3 Å². The molecule has 114 valence electrons. The highest BCUT2D eigenvalue weighted by atomic mass is 79.9. The Morgan fingerprint density at radius 1 is 1.33 bits per heavy atom. The van der Waals surface area contributed by atoms with Crippen LogP contribution >= 0.6 is 38.9 Å². The fraction of sp³-hybridized carbons (Fsp3) is 0.375. The predicted molar refractivity (Wildman–Crippen MR) is 94.3 cm³/mol. The van der Waals surface area contributed by atoms with E-state index in [2.05, 4.69) is 47.2 Å². The molecule has 1 heterocycles. The molecule has 0 radical (unpaired) electrons. The molecule has 0 saturated carbocycles. The van der Waals surface area contributed by atoms with Crippen LogP contribution in [-0.4, -0.2) is 6.54 Å². The van der Waals surface area contributed by atoms with Gasteiger partial charge in [0, 0.05) is 21.3 Å². The summed E-state index contributed by atoms with van der Waals surface area (Å²) in [5.74, 6) is 1.38. The van der Waals surface area contributed by atoms with Gasteiger partial charge in [-0.15, -0.1) is 11.3 Å². The number of rotatable bonds is 7. The zero-order chi connectivity index (χ0) is 15.2. The average molecular weight is 389 g/mol.